The lowest BCUT2D eigenvalue weighted by atomic mass is 10.5. The summed E-state index contributed by atoms with van der Waals surface area (Å²) in [5.41, 5.74) is 0.811. The summed E-state index contributed by atoms with van der Waals surface area (Å²) in [6.45, 7) is 0.653. The van der Waals surface area contributed by atoms with E-state index in [2.05, 4.69) is 25.6 Å². The molecule has 0 spiro atoms. The van der Waals surface area contributed by atoms with Gasteiger partial charge in [-0.3, -0.25) is 0 Å². The fraction of sp³-hybridized carbons (Fsp3) is 0.182. The Bertz CT molecular complexity index is 645. The Morgan fingerprint density at radius 2 is 2.28 bits per heavy atom. The standard InChI is InChI=1S/C11H12N6S/c1-12-8-7-17-4-2-14-11(17)10(16-8)15-6-9-13-3-5-18-9/h2-5,7,12H,6H2,1H3,(H,15,16). The van der Waals surface area contributed by atoms with Crippen LogP contribution in [0.4, 0.5) is 11.6 Å². The lowest BCUT2D eigenvalue weighted by molar-refractivity contribution is 1.05. The molecule has 0 aliphatic rings. The van der Waals surface area contributed by atoms with Crippen LogP contribution < -0.4 is 10.6 Å². The number of thiazole rings is 1. The largest absolute Gasteiger partial charge is 0.372 e. The van der Waals surface area contributed by atoms with Crippen molar-refractivity contribution in [3.8, 4) is 0 Å². The summed E-state index contributed by atoms with van der Waals surface area (Å²) in [7, 11) is 1.84. The van der Waals surface area contributed by atoms with E-state index in [4.69, 9.17) is 0 Å². The predicted molar refractivity (Wildman–Crippen MR) is 72.0 cm³/mol. The van der Waals surface area contributed by atoms with Crippen molar-refractivity contribution in [3.63, 3.8) is 0 Å². The summed E-state index contributed by atoms with van der Waals surface area (Å²) in [6, 6.07) is 0. The molecule has 0 bridgehead atoms. The van der Waals surface area contributed by atoms with Crippen molar-refractivity contribution in [2.45, 2.75) is 6.54 Å². The van der Waals surface area contributed by atoms with Crippen LogP contribution >= 0.6 is 11.3 Å². The van der Waals surface area contributed by atoms with Gasteiger partial charge in [0, 0.05) is 31.0 Å². The lowest BCUT2D eigenvalue weighted by Gasteiger charge is -2.08. The fourth-order valence-electron chi connectivity index (χ4n) is 1.67. The molecule has 92 valence electrons. The third kappa shape index (κ3) is 2.00. The quantitative estimate of drug-likeness (QED) is 0.749. The van der Waals surface area contributed by atoms with Gasteiger partial charge in [0.15, 0.2) is 11.5 Å². The minimum absolute atomic E-state index is 0.653. The summed E-state index contributed by atoms with van der Waals surface area (Å²) in [5, 5.41) is 9.28. The summed E-state index contributed by atoms with van der Waals surface area (Å²) in [6.07, 6.45) is 7.35. The van der Waals surface area contributed by atoms with Gasteiger partial charge in [-0.2, -0.15) is 0 Å². The average molecular weight is 260 g/mol. The molecule has 3 rings (SSSR count). The third-order valence-electron chi connectivity index (χ3n) is 2.52. The highest BCUT2D eigenvalue weighted by molar-refractivity contribution is 7.09. The number of imidazole rings is 1. The van der Waals surface area contributed by atoms with E-state index in [-0.39, 0.29) is 0 Å². The minimum Gasteiger partial charge on any atom is -0.372 e. The second-order valence-corrected chi connectivity index (χ2v) is 4.64. The van der Waals surface area contributed by atoms with Crippen molar-refractivity contribution in [2.24, 2.45) is 0 Å². The SMILES string of the molecule is CNc1cn2ccnc2c(NCc2nccs2)n1. The summed E-state index contributed by atoms with van der Waals surface area (Å²) in [5.74, 6) is 1.55. The number of nitrogens with one attached hydrogen (secondary N) is 2. The maximum atomic E-state index is 4.46. The Morgan fingerprint density at radius 1 is 1.33 bits per heavy atom. The van der Waals surface area contributed by atoms with Crippen molar-refractivity contribution in [1.82, 2.24) is 19.4 Å². The van der Waals surface area contributed by atoms with Crippen LogP contribution in [0.2, 0.25) is 0 Å². The highest BCUT2D eigenvalue weighted by Gasteiger charge is 2.07. The van der Waals surface area contributed by atoms with Crippen LogP contribution in [0.25, 0.3) is 5.65 Å². The Kier molecular flexibility index (Phi) is 2.81. The topological polar surface area (TPSA) is 67.1 Å². The number of hydrogen-bond donors (Lipinski definition) is 2. The molecule has 0 aliphatic heterocycles. The van der Waals surface area contributed by atoms with Gasteiger partial charge < -0.3 is 15.0 Å². The molecule has 3 heterocycles. The zero-order valence-electron chi connectivity index (χ0n) is 9.79. The summed E-state index contributed by atoms with van der Waals surface area (Å²) < 4.78 is 1.93. The number of hydrogen-bond acceptors (Lipinski definition) is 6. The first-order valence-electron chi connectivity index (χ1n) is 5.50. The van der Waals surface area contributed by atoms with E-state index in [1.54, 1.807) is 23.7 Å². The van der Waals surface area contributed by atoms with E-state index in [1.807, 2.05) is 29.2 Å². The van der Waals surface area contributed by atoms with Gasteiger partial charge in [0.1, 0.15) is 10.8 Å². The third-order valence-corrected chi connectivity index (χ3v) is 3.30. The van der Waals surface area contributed by atoms with Crippen LogP contribution in [-0.2, 0) is 6.54 Å². The van der Waals surface area contributed by atoms with E-state index in [0.717, 1.165) is 22.3 Å². The van der Waals surface area contributed by atoms with Gasteiger partial charge in [-0.25, -0.2) is 15.0 Å². The van der Waals surface area contributed by atoms with Crippen LogP contribution in [0.3, 0.4) is 0 Å². The summed E-state index contributed by atoms with van der Waals surface area (Å²) >= 11 is 1.62. The Hall–Kier alpha value is -2.15. The molecule has 18 heavy (non-hydrogen) atoms. The van der Waals surface area contributed by atoms with Gasteiger partial charge in [-0.15, -0.1) is 11.3 Å². The van der Waals surface area contributed by atoms with Crippen molar-refractivity contribution in [2.75, 3.05) is 17.7 Å². The minimum atomic E-state index is 0.653. The smallest absolute Gasteiger partial charge is 0.180 e. The number of fused-ring (bicyclic) bond motifs is 1. The highest BCUT2D eigenvalue weighted by atomic mass is 32.1. The maximum Gasteiger partial charge on any atom is 0.180 e. The molecule has 0 amide bonds. The number of nitrogens with zero attached hydrogens (tertiary/aromatic N) is 4. The second-order valence-electron chi connectivity index (χ2n) is 3.66. The monoisotopic (exact) mass is 260 g/mol. The van der Waals surface area contributed by atoms with E-state index in [1.165, 1.54) is 0 Å². The zero-order chi connectivity index (χ0) is 12.4. The van der Waals surface area contributed by atoms with E-state index in [9.17, 15) is 0 Å². The van der Waals surface area contributed by atoms with Crippen molar-refractivity contribution in [3.05, 3.63) is 35.2 Å². The first-order chi connectivity index (χ1) is 8.86. The van der Waals surface area contributed by atoms with E-state index < -0.39 is 0 Å². The molecule has 3 aromatic rings. The fourth-order valence-corrected chi connectivity index (χ4v) is 2.23. The van der Waals surface area contributed by atoms with Crippen LogP contribution in [0.1, 0.15) is 5.01 Å². The van der Waals surface area contributed by atoms with Crippen molar-refractivity contribution >= 4 is 28.6 Å². The van der Waals surface area contributed by atoms with Gasteiger partial charge in [-0.1, -0.05) is 0 Å². The first-order valence-corrected chi connectivity index (χ1v) is 6.38. The number of aromatic nitrogens is 4. The Balaban J connectivity index is 1.92. The van der Waals surface area contributed by atoms with Gasteiger partial charge in [-0.05, 0) is 0 Å². The second kappa shape index (κ2) is 4.61. The van der Waals surface area contributed by atoms with E-state index in [0.29, 0.717) is 6.54 Å². The molecule has 6 nitrogen and oxygen atoms in total. The molecule has 0 fully saturated rings. The Morgan fingerprint density at radius 3 is 3.06 bits per heavy atom. The molecule has 3 aromatic heterocycles. The normalized spacial score (nSPS) is 10.7. The first kappa shape index (κ1) is 11.0. The predicted octanol–water partition coefficient (Wildman–Crippen LogP) is 1.84. The van der Waals surface area contributed by atoms with Crippen molar-refractivity contribution in [1.29, 1.82) is 0 Å². The molecule has 0 aliphatic carbocycles. The van der Waals surface area contributed by atoms with Gasteiger partial charge in [0.05, 0.1) is 12.7 Å². The van der Waals surface area contributed by atoms with Crippen LogP contribution in [0, 0.1) is 0 Å². The zero-order valence-corrected chi connectivity index (χ0v) is 10.6. The molecule has 0 atom stereocenters. The molecule has 0 radical (unpaired) electrons. The molecular weight excluding hydrogens is 248 g/mol. The van der Waals surface area contributed by atoms with Gasteiger partial charge in [0.25, 0.3) is 0 Å². The molecule has 7 heteroatoms. The Labute approximate surface area is 108 Å². The number of anilines is 2. The highest BCUT2D eigenvalue weighted by Crippen LogP contribution is 2.17. The lowest BCUT2D eigenvalue weighted by Crippen LogP contribution is -2.05. The molecule has 2 N–H and O–H groups in total. The average Bonchev–Trinajstić information content (AvgIpc) is 3.06. The number of rotatable bonds is 4. The van der Waals surface area contributed by atoms with Crippen molar-refractivity contribution < 1.29 is 0 Å². The maximum absolute atomic E-state index is 4.46. The summed E-state index contributed by atoms with van der Waals surface area (Å²) in [4.78, 5) is 13.0. The van der Waals surface area contributed by atoms with Crippen LogP contribution in [-0.4, -0.2) is 26.4 Å². The van der Waals surface area contributed by atoms with Gasteiger partial charge >= 0.3 is 0 Å². The van der Waals surface area contributed by atoms with Gasteiger partial charge in [0.2, 0.25) is 0 Å². The van der Waals surface area contributed by atoms with E-state index >= 15 is 0 Å². The van der Waals surface area contributed by atoms with Crippen LogP contribution in [0.15, 0.2) is 30.2 Å². The molecule has 0 unspecified atom stereocenters. The molecule has 0 saturated heterocycles. The molecular formula is C11H12N6S. The molecule has 0 saturated carbocycles. The van der Waals surface area contributed by atoms with Crippen LogP contribution in [0.5, 0.6) is 0 Å². The molecule has 0 aromatic carbocycles.